The summed E-state index contributed by atoms with van der Waals surface area (Å²) in [6.07, 6.45) is 4.59. The van der Waals surface area contributed by atoms with Gasteiger partial charge in [0, 0.05) is 17.1 Å². The van der Waals surface area contributed by atoms with Gasteiger partial charge in [0.25, 0.3) is 5.91 Å². The lowest BCUT2D eigenvalue weighted by Crippen LogP contribution is -2.19. The van der Waals surface area contributed by atoms with Crippen LogP contribution in [0.15, 0.2) is 0 Å². The third kappa shape index (κ3) is 3.85. The Kier molecular flexibility index (Phi) is 6.23. The van der Waals surface area contributed by atoms with Crippen LogP contribution in [0.1, 0.15) is 82.6 Å². The van der Waals surface area contributed by atoms with Crippen molar-refractivity contribution in [2.45, 2.75) is 79.4 Å². The summed E-state index contributed by atoms with van der Waals surface area (Å²) in [7, 11) is 0. The molecule has 0 saturated carbocycles. The molecule has 2 aromatic rings. The normalized spacial score (nSPS) is 14.5. The second-order valence-electron chi connectivity index (χ2n) is 7.35. The van der Waals surface area contributed by atoms with Gasteiger partial charge in [0.05, 0.1) is 22.9 Å². The van der Waals surface area contributed by atoms with Crippen LogP contribution in [0.5, 0.6) is 0 Å². The van der Waals surface area contributed by atoms with Crippen molar-refractivity contribution in [2.24, 2.45) is 0 Å². The van der Waals surface area contributed by atoms with E-state index in [1.54, 1.807) is 0 Å². The Bertz CT molecular complexity index is 897. The molecule has 6 nitrogen and oxygen atoms in total. The molecule has 2 heterocycles. The molecule has 1 aliphatic rings. The highest BCUT2D eigenvalue weighted by atomic mass is 32.1. The maximum atomic E-state index is 13.0. The van der Waals surface area contributed by atoms with Crippen LogP contribution in [0.4, 0.5) is 5.00 Å². The number of rotatable bonds is 6. The van der Waals surface area contributed by atoms with E-state index in [9.17, 15) is 9.59 Å². The Balaban J connectivity index is 1.95. The second kappa shape index (κ2) is 8.47. The second-order valence-corrected chi connectivity index (χ2v) is 8.46. The van der Waals surface area contributed by atoms with Gasteiger partial charge in [-0.3, -0.25) is 9.48 Å². The first kappa shape index (κ1) is 20.6. The van der Waals surface area contributed by atoms with Crippen LogP contribution in [0.25, 0.3) is 0 Å². The van der Waals surface area contributed by atoms with Crippen LogP contribution in [0, 0.1) is 13.8 Å². The van der Waals surface area contributed by atoms with Crippen LogP contribution >= 0.6 is 11.3 Å². The zero-order valence-corrected chi connectivity index (χ0v) is 18.2. The molecular formula is C21H29N3O3S. The summed E-state index contributed by atoms with van der Waals surface area (Å²) < 4.78 is 7.43. The molecule has 1 aliphatic carbocycles. The lowest BCUT2D eigenvalue weighted by molar-refractivity contribution is 0.0335. The van der Waals surface area contributed by atoms with E-state index in [1.165, 1.54) is 16.2 Å². The van der Waals surface area contributed by atoms with Crippen molar-refractivity contribution in [1.29, 1.82) is 0 Å². The van der Waals surface area contributed by atoms with Crippen molar-refractivity contribution in [1.82, 2.24) is 9.78 Å². The van der Waals surface area contributed by atoms with Gasteiger partial charge in [-0.25, -0.2) is 4.79 Å². The van der Waals surface area contributed by atoms with E-state index >= 15 is 0 Å². The molecule has 7 heteroatoms. The van der Waals surface area contributed by atoms with Crippen LogP contribution in [-0.2, 0) is 24.1 Å². The van der Waals surface area contributed by atoms with E-state index in [0.29, 0.717) is 28.4 Å². The molecule has 0 aromatic carbocycles. The van der Waals surface area contributed by atoms with Gasteiger partial charge in [0.1, 0.15) is 5.00 Å². The number of fused-ring (bicyclic) bond motifs is 1. The Morgan fingerprint density at radius 3 is 2.57 bits per heavy atom. The monoisotopic (exact) mass is 403 g/mol. The average Bonchev–Trinajstić information content (AvgIpc) is 3.17. The predicted molar refractivity (Wildman–Crippen MR) is 111 cm³/mol. The molecule has 1 N–H and O–H groups in total. The molecule has 3 rings (SSSR count). The van der Waals surface area contributed by atoms with E-state index in [4.69, 9.17) is 4.74 Å². The highest BCUT2D eigenvalue weighted by molar-refractivity contribution is 7.17. The number of carbonyl (C=O) groups excluding carboxylic acids is 2. The molecule has 1 atom stereocenters. The molecule has 152 valence electrons. The lowest BCUT2D eigenvalue weighted by atomic mass is 9.95. The summed E-state index contributed by atoms with van der Waals surface area (Å²) in [5, 5.41) is 8.04. The first-order valence-electron chi connectivity index (χ1n) is 10.1. The summed E-state index contributed by atoms with van der Waals surface area (Å²) in [5.41, 5.74) is 3.71. The molecule has 2 aromatic heterocycles. The summed E-state index contributed by atoms with van der Waals surface area (Å²) in [5.74, 6) is -0.548. The predicted octanol–water partition coefficient (Wildman–Crippen LogP) is 4.67. The standard InChI is InChI=1S/C21H29N3O3S/c1-6-12(3)27-21(26)18-15-10-8-9-11-16(15)28-20(18)22-19(25)17-13(4)23-24(7-2)14(17)5/h12H,6-11H2,1-5H3,(H,22,25). The maximum absolute atomic E-state index is 13.0. The fraction of sp³-hybridized carbons (Fsp3) is 0.571. The average molecular weight is 404 g/mol. The number of carbonyl (C=O) groups is 2. The number of nitrogens with zero attached hydrogens (tertiary/aromatic N) is 2. The van der Waals surface area contributed by atoms with E-state index in [-0.39, 0.29) is 18.0 Å². The van der Waals surface area contributed by atoms with Crippen molar-refractivity contribution in [3.8, 4) is 0 Å². The first-order chi connectivity index (χ1) is 13.4. The van der Waals surface area contributed by atoms with E-state index in [0.717, 1.165) is 43.4 Å². The van der Waals surface area contributed by atoms with Gasteiger partial charge in [-0.15, -0.1) is 11.3 Å². The number of aryl methyl sites for hydroxylation is 3. The highest BCUT2D eigenvalue weighted by Gasteiger charge is 2.29. The Hall–Kier alpha value is -2.15. The van der Waals surface area contributed by atoms with Gasteiger partial charge < -0.3 is 10.1 Å². The van der Waals surface area contributed by atoms with Gasteiger partial charge in [-0.2, -0.15) is 5.10 Å². The quantitative estimate of drug-likeness (QED) is 0.712. The number of amides is 1. The Morgan fingerprint density at radius 2 is 1.93 bits per heavy atom. The number of ether oxygens (including phenoxy) is 1. The fourth-order valence-electron chi connectivity index (χ4n) is 3.69. The van der Waals surface area contributed by atoms with Crippen molar-refractivity contribution in [3.63, 3.8) is 0 Å². The number of esters is 1. The number of nitrogens with one attached hydrogen (secondary N) is 1. The SMILES string of the molecule is CCC(C)OC(=O)c1c(NC(=O)c2c(C)nn(CC)c2C)sc2c1CCCC2. The molecule has 0 radical (unpaired) electrons. The van der Waals surface area contributed by atoms with Crippen LogP contribution in [0.2, 0.25) is 0 Å². The van der Waals surface area contributed by atoms with E-state index < -0.39 is 0 Å². The van der Waals surface area contributed by atoms with Crippen LogP contribution in [-0.4, -0.2) is 27.8 Å². The van der Waals surface area contributed by atoms with Gasteiger partial charge in [-0.05, 0) is 65.4 Å². The lowest BCUT2D eigenvalue weighted by Gasteiger charge is -2.15. The van der Waals surface area contributed by atoms with Gasteiger partial charge in [0.15, 0.2) is 0 Å². The first-order valence-corrected chi connectivity index (χ1v) is 10.9. The molecule has 1 unspecified atom stereocenters. The van der Waals surface area contributed by atoms with Gasteiger partial charge in [0.2, 0.25) is 0 Å². The molecule has 0 saturated heterocycles. The van der Waals surface area contributed by atoms with E-state index in [1.807, 2.05) is 39.3 Å². The number of anilines is 1. The number of hydrogen-bond donors (Lipinski definition) is 1. The third-order valence-corrected chi connectivity index (χ3v) is 6.60. The zero-order chi connectivity index (χ0) is 20.4. The Labute approximate surface area is 170 Å². The minimum absolute atomic E-state index is 0.150. The molecule has 28 heavy (non-hydrogen) atoms. The largest absolute Gasteiger partial charge is 0.459 e. The van der Waals surface area contributed by atoms with E-state index in [2.05, 4.69) is 10.4 Å². The van der Waals surface area contributed by atoms with Crippen LogP contribution < -0.4 is 5.32 Å². The van der Waals surface area contributed by atoms with Crippen LogP contribution in [0.3, 0.4) is 0 Å². The molecule has 0 aliphatic heterocycles. The molecule has 0 spiro atoms. The van der Waals surface area contributed by atoms with Gasteiger partial charge in [-0.1, -0.05) is 6.92 Å². The maximum Gasteiger partial charge on any atom is 0.341 e. The summed E-state index contributed by atoms with van der Waals surface area (Å²) in [6, 6.07) is 0. The molecule has 1 amide bonds. The summed E-state index contributed by atoms with van der Waals surface area (Å²) in [4.78, 5) is 27.1. The minimum atomic E-state index is -0.332. The van der Waals surface area contributed by atoms with Crippen molar-refractivity contribution in [3.05, 3.63) is 33.0 Å². The molecule has 0 bridgehead atoms. The third-order valence-electron chi connectivity index (χ3n) is 5.39. The number of hydrogen-bond acceptors (Lipinski definition) is 5. The zero-order valence-electron chi connectivity index (χ0n) is 17.3. The smallest absolute Gasteiger partial charge is 0.341 e. The van der Waals surface area contributed by atoms with Crippen molar-refractivity contribution in [2.75, 3.05) is 5.32 Å². The Morgan fingerprint density at radius 1 is 1.21 bits per heavy atom. The van der Waals surface area contributed by atoms with Gasteiger partial charge >= 0.3 is 5.97 Å². The minimum Gasteiger partial charge on any atom is -0.459 e. The summed E-state index contributed by atoms with van der Waals surface area (Å²) in [6.45, 7) is 10.3. The fourth-order valence-corrected chi connectivity index (χ4v) is 4.97. The van der Waals surface area contributed by atoms with Crippen molar-refractivity contribution >= 4 is 28.2 Å². The topological polar surface area (TPSA) is 73.2 Å². The summed E-state index contributed by atoms with van der Waals surface area (Å²) >= 11 is 1.51. The number of thiophene rings is 1. The highest BCUT2D eigenvalue weighted by Crippen LogP contribution is 2.39. The number of aromatic nitrogens is 2. The molecule has 0 fully saturated rings. The van der Waals surface area contributed by atoms with Crippen molar-refractivity contribution < 1.29 is 14.3 Å². The molecular weight excluding hydrogens is 374 g/mol.